The lowest BCUT2D eigenvalue weighted by atomic mass is 10.0. The highest BCUT2D eigenvalue weighted by atomic mass is 79.9. The summed E-state index contributed by atoms with van der Waals surface area (Å²) in [5, 5.41) is 5.27. The van der Waals surface area contributed by atoms with Gasteiger partial charge in [-0.2, -0.15) is 5.10 Å². The van der Waals surface area contributed by atoms with Crippen molar-refractivity contribution in [2.75, 3.05) is 0 Å². The highest BCUT2D eigenvalue weighted by Crippen LogP contribution is 2.23. The Bertz CT molecular complexity index is 594. The molecule has 0 radical (unpaired) electrons. The van der Waals surface area contributed by atoms with Crippen LogP contribution in [0.15, 0.2) is 28.7 Å². The highest BCUT2D eigenvalue weighted by molar-refractivity contribution is 9.10. The predicted octanol–water partition coefficient (Wildman–Crippen LogP) is 3.24. The summed E-state index contributed by atoms with van der Waals surface area (Å²) in [6, 6.07) is 8.01. The Labute approximate surface area is 138 Å². The summed E-state index contributed by atoms with van der Waals surface area (Å²) < 4.78 is 3.09. The first kappa shape index (κ1) is 16.5. The first-order valence-electron chi connectivity index (χ1n) is 6.97. The Morgan fingerprint density at radius 2 is 2.00 bits per heavy atom. The van der Waals surface area contributed by atoms with Crippen molar-refractivity contribution < 1.29 is 0 Å². The van der Waals surface area contributed by atoms with Crippen LogP contribution in [0.2, 0.25) is 5.02 Å². The topological polar surface area (TPSA) is 55.9 Å². The maximum absolute atomic E-state index is 5.92. The monoisotopic (exact) mass is 370 g/mol. The fourth-order valence-electron chi connectivity index (χ4n) is 2.39. The van der Waals surface area contributed by atoms with Gasteiger partial charge in [0.25, 0.3) is 0 Å². The van der Waals surface area contributed by atoms with Crippen molar-refractivity contribution >= 4 is 27.5 Å². The quantitative estimate of drug-likeness (QED) is 0.605. The molecule has 0 fully saturated rings. The molecule has 1 unspecified atom stereocenters. The molecule has 0 amide bonds. The lowest BCUT2D eigenvalue weighted by Gasteiger charge is -2.17. The van der Waals surface area contributed by atoms with Crippen LogP contribution in [0.1, 0.15) is 23.9 Å². The van der Waals surface area contributed by atoms with E-state index in [9.17, 15) is 0 Å². The number of aromatic nitrogens is 2. The standard InChI is InChI=1S/C15H20BrClN4/c1-3-21-14(15(16)10(2)20-21)9-13(19-18)8-11-4-6-12(17)7-5-11/h4-7,13,19H,3,8-9,18H2,1-2H3. The predicted molar refractivity (Wildman–Crippen MR) is 90.3 cm³/mol. The zero-order chi connectivity index (χ0) is 15.4. The molecule has 0 aliphatic heterocycles. The van der Waals surface area contributed by atoms with Gasteiger partial charge in [-0.05, 0) is 53.9 Å². The van der Waals surface area contributed by atoms with Gasteiger partial charge < -0.3 is 0 Å². The van der Waals surface area contributed by atoms with Crippen LogP contribution in [0.25, 0.3) is 0 Å². The minimum absolute atomic E-state index is 0.142. The first-order valence-corrected chi connectivity index (χ1v) is 8.14. The number of hydrazine groups is 1. The van der Waals surface area contributed by atoms with Crippen LogP contribution in [0.5, 0.6) is 0 Å². The molecular weight excluding hydrogens is 352 g/mol. The molecule has 0 saturated carbocycles. The number of benzene rings is 1. The third kappa shape index (κ3) is 4.07. The lowest BCUT2D eigenvalue weighted by molar-refractivity contribution is 0.495. The van der Waals surface area contributed by atoms with E-state index in [0.717, 1.165) is 34.6 Å². The number of halogens is 2. The Hall–Kier alpha value is -0.880. The molecule has 1 aromatic carbocycles. The Balaban J connectivity index is 2.14. The molecule has 1 heterocycles. The largest absolute Gasteiger partial charge is 0.271 e. The molecule has 2 aromatic rings. The summed E-state index contributed by atoms with van der Waals surface area (Å²) >= 11 is 9.54. The summed E-state index contributed by atoms with van der Waals surface area (Å²) in [6.07, 6.45) is 1.66. The minimum atomic E-state index is 0.142. The second kappa shape index (κ2) is 7.40. The van der Waals surface area contributed by atoms with Crippen molar-refractivity contribution in [1.82, 2.24) is 15.2 Å². The van der Waals surface area contributed by atoms with E-state index in [1.165, 1.54) is 11.3 Å². The molecule has 0 bridgehead atoms. The fraction of sp³-hybridized carbons (Fsp3) is 0.400. The SMILES string of the molecule is CCn1nc(C)c(Br)c1CC(Cc1ccc(Cl)cc1)NN. The molecule has 2 rings (SSSR count). The number of hydrogen-bond acceptors (Lipinski definition) is 3. The van der Waals surface area contributed by atoms with Gasteiger partial charge in [-0.1, -0.05) is 23.7 Å². The van der Waals surface area contributed by atoms with E-state index in [4.69, 9.17) is 17.4 Å². The Kier molecular flexibility index (Phi) is 5.81. The van der Waals surface area contributed by atoms with E-state index in [2.05, 4.69) is 33.4 Å². The third-order valence-electron chi connectivity index (χ3n) is 3.52. The molecule has 0 aliphatic carbocycles. The van der Waals surface area contributed by atoms with E-state index in [-0.39, 0.29) is 6.04 Å². The molecule has 6 heteroatoms. The number of nitrogens with zero attached hydrogens (tertiary/aromatic N) is 2. The Morgan fingerprint density at radius 3 is 2.57 bits per heavy atom. The molecule has 21 heavy (non-hydrogen) atoms. The average molecular weight is 372 g/mol. The maximum atomic E-state index is 5.92. The fourth-order valence-corrected chi connectivity index (χ4v) is 2.96. The average Bonchev–Trinajstić information content (AvgIpc) is 2.76. The lowest BCUT2D eigenvalue weighted by Crippen LogP contribution is -2.39. The molecule has 1 aromatic heterocycles. The normalized spacial score (nSPS) is 12.6. The zero-order valence-corrected chi connectivity index (χ0v) is 14.6. The second-order valence-corrected chi connectivity index (χ2v) is 6.29. The number of hydrogen-bond donors (Lipinski definition) is 2. The van der Waals surface area contributed by atoms with Crippen LogP contribution in [-0.2, 0) is 19.4 Å². The van der Waals surface area contributed by atoms with E-state index < -0.39 is 0 Å². The van der Waals surface area contributed by atoms with Crippen molar-refractivity contribution in [2.45, 2.75) is 39.3 Å². The van der Waals surface area contributed by atoms with Crippen LogP contribution in [0.4, 0.5) is 0 Å². The van der Waals surface area contributed by atoms with Gasteiger partial charge in [0.2, 0.25) is 0 Å². The van der Waals surface area contributed by atoms with Crippen LogP contribution in [-0.4, -0.2) is 15.8 Å². The smallest absolute Gasteiger partial charge is 0.0738 e. The van der Waals surface area contributed by atoms with Crippen molar-refractivity contribution in [3.05, 3.63) is 50.7 Å². The van der Waals surface area contributed by atoms with Gasteiger partial charge in [0.05, 0.1) is 15.9 Å². The maximum Gasteiger partial charge on any atom is 0.0738 e. The van der Waals surface area contributed by atoms with Gasteiger partial charge >= 0.3 is 0 Å². The van der Waals surface area contributed by atoms with Gasteiger partial charge in [-0.25, -0.2) is 0 Å². The van der Waals surface area contributed by atoms with Crippen LogP contribution >= 0.6 is 27.5 Å². The van der Waals surface area contributed by atoms with E-state index in [0.29, 0.717) is 0 Å². The van der Waals surface area contributed by atoms with E-state index in [1.807, 2.05) is 35.9 Å². The molecule has 0 aliphatic rings. The first-order chi connectivity index (χ1) is 10.0. The number of aryl methyl sites for hydroxylation is 2. The summed E-state index contributed by atoms with van der Waals surface area (Å²) in [7, 11) is 0. The molecule has 0 spiro atoms. The van der Waals surface area contributed by atoms with Crippen LogP contribution in [0.3, 0.4) is 0 Å². The molecule has 0 saturated heterocycles. The van der Waals surface area contributed by atoms with Crippen molar-refractivity contribution in [1.29, 1.82) is 0 Å². The summed E-state index contributed by atoms with van der Waals surface area (Å²) in [5.41, 5.74) is 6.29. The van der Waals surface area contributed by atoms with Crippen LogP contribution in [0, 0.1) is 6.92 Å². The molecule has 114 valence electrons. The third-order valence-corrected chi connectivity index (χ3v) is 4.81. The van der Waals surface area contributed by atoms with Crippen molar-refractivity contribution in [3.8, 4) is 0 Å². The van der Waals surface area contributed by atoms with Gasteiger partial charge in [0.1, 0.15) is 0 Å². The van der Waals surface area contributed by atoms with Crippen molar-refractivity contribution in [2.24, 2.45) is 5.84 Å². The highest BCUT2D eigenvalue weighted by Gasteiger charge is 2.17. The van der Waals surface area contributed by atoms with E-state index in [1.54, 1.807) is 0 Å². The minimum Gasteiger partial charge on any atom is -0.271 e. The molecule has 4 nitrogen and oxygen atoms in total. The van der Waals surface area contributed by atoms with Gasteiger partial charge in [-0.3, -0.25) is 16.0 Å². The number of nitrogens with two attached hydrogens (primary N) is 1. The van der Waals surface area contributed by atoms with Gasteiger partial charge in [0, 0.05) is 24.0 Å². The van der Waals surface area contributed by atoms with Gasteiger partial charge in [-0.15, -0.1) is 0 Å². The van der Waals surface area contributed by atoms with Crippen LogP contribution < -0.4 is 11.3 Å². The van der Waals surface area contributed by atoms with Gasteiger partial charge in [0.15, 0.2) is 0 Å². The molecular formula is C15H20BrClN4. The second-order valence-electron chi connectivity index (χ2n) is 5.06. The summed E-state index contributed by atoms with van der Waals surface area (Å²) in [4.78, 5) is 0. The number of rotatable bonds is 6. The Morgan fingerprint density at radius 1 is 1.33 bits per heavy atom. The molecule has 1 atom stereocenters. The zero-order valence-electron chi connectivity index (χ0n) is 12.2. The molecule has 3 N–H and O–H groups in total. The van der Waals surface area contributed by atoms with Crippen molar-refractivity contribution in [3.63, 3.8) is 0 Å². The summed E-state index contributed by atoms with van der Waals surface area (Å²) in [6.45, 7) is 4.94. The van der Waals surface area contributed by atoms with E-state index >= 15 is 0 Å². The number of nitrogens with one attached hydrogen (secondary N) is 1. The summed E-state index contributed by atoms with van der Waals surface area (Å²) in [5.74, 6) is 5.73.